The third-order valence-corrected chi connectivity index (χ3v) is 3.41. The Kier molecular flexibility index (Phi) is 4.58. The van der Waals surface area contributed by atoms with E-state index in [1.165, 1.54) is 0 Å². The minimum absolute atomic E-state index is 0.251. The summed E-state index contributed by atoms with van der Waals surface area (Å²) >= 11 is 0. The van der Waals surface area contributed by atoms with Gasteiger partial charge >= 0.3 is 0 Å². The molecule has 2 unspecified atom stereocenters. The van der Waals surface area contributed by atoms with E-state index in [0.29, 0.717) is 12.0 Å². The highest BCUT2D eigenvalue weighted by Gasteiger charge is 2.27. The summed E-state index contributed by atoms with van der Waals surface area (Å²) in [6, 6.07) is 2.46. The summed E-state index contributed by atoms with van der Waals surface area (Å²) in [5.41, 5.74) is 0.995. The Morgan fingerprint density at radius 1 is 1.42 bits per heavy atom. The topological polar surface area (TPSA) is 50.3 Å². The fourth-order valence-electron chi connectivity index (χ4n) is 2.40. The van der Waals surface area contributed by atoms with E-state index in [2.05, 4.69) is 47.0 Å². The predicted octanol–water partition coefficient (Wildman–Crippen LogP) is 2.22. The van der Waals surface area contributed by atoms with Crippen LogP contribution in [0.2, 0.25) is 0 Å². The van der Waals surface area contributed by atoms with Crippen LogP contribution >= 0.6 is 0 Å². The molecule has 0 bridgehead atoms. The summed E-state index contributed by atoms with van der Waals surface area (Å²) in [6.07, 6.45) is 1.31. The van der Waals surface area contributed by atoms with Crippen LogP contribution in [0.1, 0.15) is 32.9 Å². The SMILES string of the molecule is CCNc1nc(C)cc(N2CC(C)OCC2CC)n1. The van der Waals surface area contributed by atoms with Crippen LogP contribution in [-0.4, -0.2) is 41.8 Å². The van der Waals surface area contributed by atoms with Crippen molar-refractivity contribution in [1.29, 1.82) is 0 Å². The van der Waals surface area contributed by atoms with Gasteiger partial charge in [0.2, 0.25) is 5.95 Å². The standard InChI is InChI=1S/C14H24N4O/c1-5-12-9-19-11(4)8-18(12)13-7-10(3)16-14(17-13)15-6-2/h7,11-12H,5-6,8-9H2,1-4H3,(H,15,16,17). The molecule has 5 nitrogen and oxygen atoms in total. The summed E-state index contributed by atoms with van der Waals surface area (Å²) < 4.78 is 5.74. The van der Waals surface area contributed by atoms with Crippen molar-refractivity contribution in [2.24, 2.45) is 0 Å². The summed E-state index contributed by atoms with van der Waals surface area (Å²) in [7, 11) is 0. The number of morpholine rings is 1. The smallest absolute Gasteiger partial charge is 0.224 e. The van der Waals surface area contributed by atoms with Gasteiger partial charge in [0.05, 0.1) is 18.8 Å². The molecule has 1 fully saturated rings. The van der Waals surface area contributed by atoms with E-state index in [-0.39, 0.29) is 6.10 Å². The first-order chi connectivity index (χ1) is 9.13. The Bertz CT molecular complexity index is 424. The van der Waals surface area contributed by atoms with E-state index in [1.807, 2.05) is 6.92 Å². The van der Waals surface area contributed by atoms with Crippen LogP contribution in [0.5, 0.6) is 0 Å². The Balaban J connectivity index is 2.27. The lowest BCUT2D eigenvalue weighted by molar-refractivity contribution is 0.0296. The van der Waals surface area contributed by atoms with Crippen molar-refractivity contribution in [2.45, 2.75) is 46.3 Å². The molecule has 5 heteroatoms. The van der Waals surface area contributed by atoms with Crippen molar-refractivity contribution in [3.05, 3.63) is 11.8 Å². The largest absolute Gasteiger partial charge is 0.375 e. The lowest BCUT2D eigenvalue weighted by Gasteiger charge is -2.39. The first-order valence-electron chi connectivity index (χ1n) is 7.11. The van der Waals surface area contributed by atoms with E-state index in [1.54, 1.807) is 0 Å². The molecule has 2 heterocycles. The van der Waals surface area contributed by atoms with Crippen molar-refractivity contribution < 1.29 is 4.74 Å². The number of hydrogen-bond acceptors (Lipinski definition) is 5. The lowest BCUT2D eigenvalue weighted by atomic mass is 10.1. The van der Waals surface area contributed by atoms with Gasteiger partial charge in [-0.2, -0.15) is 4.98 Å². The van der Waals surface area contributed by atoms with Gasteiger partial charge in [-0.3, -0.25) is 0 Å². The maximum absolute atomic E-state index is 5.74. The average molecular weight is 264 g/mol. The number of nitrogens with one attached hydrogen (secondary N) is 1. The van der Waals surface area contributed by atoms with Gasteiger partial charge in [-0.25, -0.2) is 4.98 Å². The molecular weight excluding hydrogens is 240 g/mol. The van der Waals surface area contributed by atoms with Gasteiger partial charge in [0.15, 0.2) is 0 Å². The van der Waals surface area contributed by atoms with Crippen molar-refractivity contribution in [3.63, 3.8) is 0 Å². The van der Waals surface area contributed by atoms with Crippen LogP contribution < -0.4 is 10.2 Å². The molecule has 0 spiro atoms. The van der Waals surface area contributed by atoms with Gasteiger partial charge in [0.1, 0.15) is 5.82 Å². The van der Waals surface area contributed by atoms with E-state index in [9.17, 15) is 0 Å². The number of rotatable bonds is 4. The van der Waals surface area contributed by atoms with Crippen molar-refractivity contribution in [3.8, 4) is 0 Å². The molecule has 0 aromatic carbocycles. The third kappa shape index (κ3) is 3.35. The van der Waals surface area contributed by atoms with Gasteiger partial charge < -0.3 is 15.0 Å². The van der Waals surface area contributed by atoms with Crippen molar-refractivity contribution in [1.82, 2.24) is 9.97 Å². The molecule has 0 aliphatic carbocycles. The number of ether oxygens (including phenoxy) is 1. The summed E-state index contributed by atoms with van der Waals surface area (Å²) in [5, 5.41) is 3.19. The molecule has 0 saturated carbocycles. The molecule has 106 valence electrons. The van der Waals surface area contributed by atoms with Gasteiger partial charge in [-0.05, 0) is 27.2 Å². The molecule has 0 amide bonds. The van der Waals surface area contributed by atoms with Crippen molar-refractivity contribution >= 4 is 11.8 Å². The molecule has 2 rings (SSSR count). The fraction of sp³-hybridized carbons (Fsp3) is 0.714. The van der Waals surface area contributed by atoms with E-state index in [4.69, 9.17) is 4.74 Å². The van der Waals surface area contributed by atoms with Gasteiger partial charge in [0, 0.05) is 24.8 Å². The molecule has 1 saturated heterocycles. The van der Waals surface area contributed by atoms with Crippen molar-refractivity contribution in [2.75, 3.05) is 29.9 Å². The molecule has 1 aliphatic heterocycles. The van der Waals surface area contributed by atoms with Crippen LogP contribution in [-0.2, 0) is 4.74 Å². The maximum atomic E-state index is 5.74. The molecule has 1 aromatic rings. The van der Waals surface area contributed by atoms with Crippen LogP contribution in [0.4, 0.5) is 11.8 Å². The monoisotopic (exact) mass is 264 g/mol. The van der Waals surface area contributed by atoms with E-state index >= 15 is 0 Å². The minimum Gasteiger partial charge on any atom is -0.375 e. The van der Waals surface area contributed by atoms with Gasteiger partial charge in [-0.1, -0.05) is 6.92 Å². The molecule has 2 atom stereocenters. The first-order valence-corrected chi connectivity index (χ1v) is 7.11. The van der Waals surface area contributed by atoms with Crippen LogP contribution in [0, 0.1) is 6.92 Å². The zero-order chi connectivity index (χ0) is 13.8. The molecule has 1 aromatic heterocycles. The van der Waals surface area contributed by atoms with E-state index in [0.717, 1.165) is 37.6 Å². The molecule has 1 N–H and O–H groups in total. The molecule has 1 aliphatic rings. The number of anilines is 2. The Hall–Kier alpha value is -1.36. The summed E-state index contributed by atoms with van der Waals surface area (Å²) in [5.74, 6) is 1.72. The number of hydrogen-bond donors (Lipinski definition) is 1. The van der Waals surface area contributed by atoms with Crippen LogP contribution in [0.15, 0.2) is 6.07 Å². The molecule has 19 heavy (non-hydrogen) atoms. The van der Waals surface area contributed by atoms with Crippen LogP contribution in [0.3, 0.4) is 0 Å². The fourth-order valence-corrected chi connectivity index (χ4v) is 2.40. The Labute approximate surface area is 115 Å². The number of aromatic nitrogens is 2. The Morgan fingerprint density at radius 2 is 2.21 bits per heavy atom. The predicted molar refractivity (Wildman–Crippen MR) is 77.8 cm³/mol. The molecular formula is C14H24N4O. The summed E-state index contributed by atoms with van der Waals surface area (Å²) in [4.78, 5) is 11.4. The zero-order valence-corrected chi connectivity index (χ0v) is 12.3. The third-order valence-electron chi connectivity index (χ3n) is 3.41. The Morgan fingerprint density at radius 3 is 2.89 bits per heavy atom. The minimum atomic E-state index is 0.251. The highest BCUT2D eigenvalue weighted by molar-refractivity contribution is 5.46. The molecule has 0 radical (unpaired) electrons. The maximum Gasteiger partial charge on any atom is 0.224 e. The number of aryl methyl sites for hydroxylation is 1. The lowest BCUT2D eigenvalue weighted by Crippen LogP contribution is -2.49. The quantitative estimate of drug-likeness (QED) is 0.903. The average Bonchev–Trinajstić information content (AvgIpc) is 2.38. The highest BCUT2D eigenvalue weighted by atomic mass is 16.5. The van der Waals surface area contributed by atoms with Gasteiger partial charge in [-0.15, -0.1) is 0 Å². The second-order valence-electron chi connectivity index (χ2n) is 5.08. The van der Waals surface area contributed by atoms with Gasteiger partial charge in [0.25, 0.3) is 0 Å². The normalized spacial score (nSPS) is 23.5. The zero-order valence-electron chi connectivity index (χ0n) is 12.3. The first kappa shape index (κ1) is 14.1. The highest BCUT2D eigenvalue weighted by Crippen LogP contribution is 2.23. The van der Waals surface area contributed by atoms with E-state index < -0.39 is 0 Å². The summed E-state index contributed by atoms with van der Waals surface area (Å²) in [6.45, 7) is 10.9. The van der Waals surface area contributed by atoms with Crippen LogP contribution in [0.25, 0.3) is 0 Å². The number of nitrogens with zero attached hydrogens (tertiary/aromatic N) is 3. The second-order valence-corrected chi connectivity index (χ2v) is 5.08. The second kappa shape index (κ2) is 6.19.